The highest BCUT2D eigenvalue weighted by Gasteiger charge is 2.25. The van der Waals surface area contributed by atoms with Crippen molar-refractivity contribution in [2.75, 3.05) is 13.1 Å². The summed E-state index contributed by atoms with van der Waals surface area (Å²) < 4.78 is 13.9. The number of carbonyl (C=O) groups excluding carboxylic acids is 1. The largest absolute Gasteiger partial charge is 0.305 e. The number of nitrogens with zero attached hydrogens (tertiary/aromatic N) is 2. The van der Waals surface area contributed by atoms with Gasteiger partial charge < -0.3 is 0 Å². The molecule has 0 radical (unpaired) electrons. The van der Waals surface area contributed by atoms with Crippen LogP contribution in [-0.4, -0.2) is 28.7 Å². The van der Waals surface area contributed by atoms with Gasteiger partial charge in [-0.3, -0.25) is 19.8 Å². The zero-order valence-corrected chi connectivity index (χ0v) is 10.6. The SMILES string of the molecule is CC1CN(Cc2cccc([N+](=O)[O-])c2F)CCC1=O. The summed E-state index contributed by atoms with van der Waals surface area (Å²) in [6.45, 7) is 3.29. The van der Waals surface area contributed by atoms with Crippen LogP contribution in [-0.2, 0) is 11.3 Å². The normalized spacial score (nSPS) is 20.5. The molecule has 1 aromatic rings. The Morgan fingerprint density at radius 1 is 1.53 bits per heavy atom. The molecule has 2 rings (SSSR count). The number of Topliss-reactive ketones (excluding diaryl/α,β-unsaturated/α-hetero) is 1. The van der Waals surface area contributed by atoms with Gasteiger partial charge in [0.15, 0.2) is 0 Å². The predicted molar refractivity (Wildman–Crippen MR) is 67.1 cm³/mol. The van der Waals surface area contributed by atoms with E-state index in [4.69, 9.17) is 0 Å². The summed E-state index contributed by atoms with van der Waals surface area (Å²) in [7, 11) is 0. The summed E-state index contributed by atoms with van der Waals surface area (Å²) in [6.07, 6.45) is 0.456. The third kappa shape index (κ3) is 2.96. The Morgan fingerprint density at radius 3 is 2.89 bits per heavy atom. The van der Waals surface area contributed by atoms with E-state index in [2.05, 4.69) is 0 Å². The number of nitro groups is 1. The highest BCUT2D eigenvalue weighted by Crippen LogP contribution is 2.23. The zero-order valence-electron chi connectivity index (χ0n) is 10.6. The van der Waals surface area contributed by atoms with Crippen molar-refractivity contribution >= 4 is 11.5 Å². The number of hydrogen-bond acceptors (Lipinski definition) is 4. The van der Waals surface area contributed by atoms with Gasteiger partial charge in [-0.2, -0.15) is 4.39 Å². The zero-order chi connectivity index (χ0) is 14.0. The first kappa shape index (κ1) is 13.6. The van der Waals surface area contributed by atoms with E-state index >= 15 is 0 Å². The van der Waals surface area contributed by atoms with Gasteiger partial charge in [0.25, 0.3) is 0 Å². The molecule has 1 aromatic carbocycles. The van der Waals surface area contributed by atoms with Gasteiger partial charge in [-0.05, 0) is 0 Å². The summed E-state index contributed by atoms with van der Waals surface area (Å²) in [6, 6.07) is 4.18. The van der Waals surface area contributed by atoms with E-state index in [1.807, 2.05) is 11.8 Å². The Bertz CT molecular complexity index is 519. The molecule has 1 fully saturated rings. The first-order valence-corrected chi connectivity index (χ1v) is 6.16. The van der Waals surface area contributed by atoms with E-state index in [-0.39, 0.29) is 11.7 Å². The minimum absolute atomic E-state index is 0.0597. The van der Waals surface area contributed by atoms with Gasteiger partial charge >= 0.3 is 5.69 Å². The van der Waals surface area contributed by atoms with Crippen molar-refractivity contribution in [3.63, 3.8) is 0 Å². The average molecular weight is 266 g/mol. The molecule has 1 unspecified atom stereocenters. The van der Waals surface area contributed by atoms with Crippen molar-refractivity contribution < 1.29 is 14.1 Å². The predicted octanol–water partition coefficient (Wildman–Crippen LogP) is 2.14. The van der Waals surface area contributed by atoms with Gasteiger partial charge in [0.1, 0.15) is 5.78 Å². The van der Waals surface area contributed by atoms with Crippen LogP contribution in [0.4, 0.5) is 10.1 Å². The molecule has 0 bridgehead atoms. The van der Waals surface area contributed by atoms with E-state index < -0.39 is 16.4 Å². The molecule has 0 saturated carbocycles. The van der Waals surface area contributed by atoms with Crippen LogP contribution < -0.4 is 0 Å². The number of benzene rings is 1. The molecule has 1 heterocycles. The van der Waals surface area contributed by atoms with Crippen LogP contribution in [0.25, 0.3) is 0 Å². The summed E-state index contributed by atoms with van der Waals surface area (Å²) in [5.41, 5.74) is -0.200. The Balaban J connectivity index is 2.13. The second kappa shape index (κ2) is 5.44. The van der Waals surface area contributed by atoms with Crippen molar-refractivity contribution in [3.8, 4) is 0 Å². The average Bonchev–Trinajstić information content (AvgIpc) is 2.36. The maximum Gasteiger partial charge on any atom is 0.305 e. The van der Waals surface area contributed by atoms with Crippen molar-refractivity contribution in [3.05, 3.63) is 39.7 Å². The lowest BCUT2D eigenvalue weighted by Gasteiger charge is -2.29. The maximum atomic E-state index is 13.9. The van der Waals surface area contributed by atoms with Gasteiger partial charge in [-0.25, -0.2) is 0 Å². The van der Waals surface area contributed by atoms with E-state index in [1.54, 1.807) is 6.07 Å². The van der Waals surface area contributed by atoms with Crippen LogP contribution in [0, 0.1) is 21.8 Å². The minimum atomic E-state index is -0.781. The van der Waals surface area contributed by atoms with Crippen LogP contribution in [0.3, 0.4) is 0 Å². The highest BCUT2D eigenvalue weighted by molar-refractivity contribution is 5.81. The summed E-state index contributed by atoms with van der Waals surface area (Å²) in [5.74, 6) is -0.622. The third-order valence-electron chi connectivity index (χ3n) is 3.41. The van der Waals surface area contributed by atoms with Crippen LogP contribution in [0.5, 0.6) is 0 Å². The second-order valence-corrected chi connectivity index (χ2v) is 4.86. The lowest BCUT2D eigenvalue weighted by molar-refractivity contribution is -0.387. The molecule has 19 heavy (non-hydrogen) atoms. The summed E-state index contributed by atoms with van der Waals surface area (Å²) in [4.78, 5) is 23.3. The first-order valence-electron chi connectivity index (χ1n) is 6.16. The molecule has 0 spiro atoms. The van der Waals surface area contributed by atoms with Crippen molar-refractivity contribution in [2.45, 2.75) is 19.9 Å². The van der Waals surface area contributed by atoms with E-state index in [0.29, 0.717) is 31.6 Å². The number of likely N-dealkylation sites (tertiary alicyclic amines) is 1. The first-order chi connectivity index (χ1) is 8.99. The monoisotopic (exact) mass is 266 g/mol. The minimum Gasteiger partial charge on any atom is -0.299 e. The molecular weight excluding hydrogens is 251 g/mol. The number of piperidine rings is 1. The van der Waals surface area contributed by atoms with E-state index in [9.17, 15) is 19.3 Å². The highest BCUT2D eigenvalue weighted by atomic mass is 19.1. The number of carbonyl (C=O) groups is 1. The summed E-state index contributed by atoms with van der Waals surface area (Å²) >= 11 is 0. The summed E-state index contributed by atoms with van der Waals surface area (Å²) in [5, 5.41) is 10.7. The fraction of sp³-hybridized carbons (Fsp3) is 0.462. The lowest BCUT2D eigenvalue weighted by atomic mass is 9.98. The smallest absolute Gasteiger partial charge is 0.299 e. The standard InChI is InChI=1S/C13H15FN2O3/c1-9-7-15(6-5-12(9)17)8-10-3-2-4-11(13(10)14)16(18)19/h2-4,9H,5-8H2,1H3. The Hall–Kier alpha value is -1.82. The molecule has 1 atom stereocenters. The molecule has 1 aliphatic heterocycles. The molecule has 0 aliphatic carbocycles. The Kier molecular flexibility index (Phi) is 3.90. The molecular formula is C13H15FN2O3. The van der Waals surface area contributed by atoms with Gasteiger partial charge in [-0.15, -0.1) is 0 Å². The van der Waals surface area contributed by atoms with Gasteiger partial charge in [0.2, 0.25) is 5.82 Å². The fourth-order valence-electron chi connectivity index (χ4n) is 2.31. The molecule has 1 aliphatic rings. The number of halogens is 1. The molecule has 1 saturated heterocycles. The van der Waals surface area contributed by atoms with Crippen LogP contribution in [0.1, 0.15) is 18.9 Å². The van der Waals surface area contributed by atoms with Crippen molar-refractivity contribution in [1.82, 2.24) is 4.90 Å². The van der Waals surface area contributed by atoms with Gasteiger partial charge in [0.05, 0.1) is 4.92 Å². The van der Waals surface area contributed by atoms with Crippen LogP contribution in [0.15, 0.2) is 18.2 Å². The molecule has 0 amide bonds. The maximum absolute atomic E-state index is 13.9. The van der Waals surface area contributed by atoms with Crippen molar-refractivity contribution in [2.24, 2.45) is 5.92 Å². The fourth-order valence-corrected chi connectivity index (χ4v) is 2.31. The lowest BCUT2D eigenvalue weighted by Crippen LogP contribution is -2.39. The quantitative estimate of drug-likeness (QED) is 0.621. The van der Waals surface area contributed by atoms with Gasteiger partial charge in [0, 0.05) is 43.6 Å². The van der Waals surface area contributed by atoms with E-state index in [0.717, 1.165) is 6.07 Å². The van der Waals surface area contributed by atoms with E-state index in [1.165, 1.54) is 6.07 Å². The van der Waals surface area contributed by atoms with Crippen LogP contribution in [0.2, 0.25) is 0 Å². The number of ketones is 1. The number of nitro benzene ring substituents is 1. The molecule has 102 valence electrons. The Morgan fingerprint density at radius 2 is 2.26 bits per heavy atom. The topological polar surface area (TPSA) is 63.4 Å². The molecule has 0 N–H and O–H groups in total. The van der Waals surface area contributed by atoms with Crippen molar-refractivity contribution in [1.29, 1.82) is 0 Å². The second-order valence-electron chi connectivity index (χ2n) is 4.86. The molecule has 5 nitrogen and oxygen atoms in total. The Labute approximate surface area is 110 Å². The molecule has 6 heteroatoms. The number of hydrogen-bond donors (Lipinski definition) is 0. The van der Waals surface area contributed by atoms with Crippen LogP contribution >= 0.6 is 0 Å². The third-order valence-corrected chi connectivity index (χ3v) is 3.41. The van der Waals surface area contributed by atoms with Gasteiger partial charge in [-0.1, -0.05) is 19.1 Å². The number of rotatable bonds is 3. The molecule has 0 aromatic heterocycles.